The molecule has 6 nitrogen and oxygen atoms in total. The second-order valence-corrected chi connectivity index (χ2v) is 6.65. The molecule has 2 aromatic rings. The van der Waals surface area contributed by atoms with Crippen LogP contribution in [-0.4, -0.2) is 39.0 Å². The first-order valence-electron chi connectivity index (χ1n) is 6.56. The Morgan fingerprint density at radius 2 is 1.95 bits per heavy atom. The molecule has 0 saturated heterocycles. The summed E-state index contributed by atoms with van der Waals surface area (Å²) >= 11 is 0. The van der Waals surface area contributed by atoms with Gasteiger partial charge in [-0.25, -0.2) is 8.42 Å². The molecule has 2 rings (SSSR count). The van der Waals surface area contributed by atoms with E-state index >= 15 is 0 Å². The molecule has 0 atom stereocenters. The van der Waals surface area contributed by atoms with Crippen molar-refractivity contribution >= 4 is 10.0 Å². The second kappa shape index (κ2) is 6.76. The van der Waals surface area contributed by atoms with Gasteiger partial charge < -0.3 is 9.47 Å². The molecule has 0 saturated carbocycles. The number of hydrogen-bond donors (Lipinski definition) is 0. The molecule has 0 aliphatic carbocycles. The van der Waals surface area contributed by atoms with Crippen LogP contribution in [0.15, 0.2) is 47.6 Å². The Kier molecular flexibility index (Phi) is 4.99. The highest BCUT2D eigenvalue weighted by Crippen LogP contribution is 2.30. The maximum Gasteiger partial charge on any atom is 0.246 e. The fourth-order valence-corrected chi connectivity index (χ4v) is 3.31. The van der Waals surface area contributed by atoms with Crippen molar-refractivity contribution in [2.24, 2.45) is 0 Å². The normalized spacial score (nSPS) is 11.5. The fourth-order valence-electron chi connectivity index (χ4n) is 1.99. The van der Waals surface area contributed by atoms with Gasteiger partial charge in [0.15, 0.2) is 0 Å². The van der Waals surface area contributed by atoms with Crippen LogP contribution in [0, 0.1) is 0 Å². The van der Waals surface area contributed by atoms with Crippen molar-refractivity contribution in [3.8, 4) is 11.5 Å². The Morgan fingerprint density at radius 3 is 2.55 bits per heavy atom. The largest absolute Gasteiger partial charge is 0.497 e. The molecule has 0 bridgehead atoms. The van der Waals surface area contributed by atoms with Crippen LogP contribution >= 0.6 is 0 Å². The Morgan fingerprint density at radius 1 is 1.18 bits per heavy atom. The molecule has 0 amide bonds. The van der Waals surface area contributed by atoms with Crippen molar-refractivity contribution in [2.75, 3.05) is 21.3 Å². The molecule has 22 heavy (non-hydrogen) atoms. The van der Waals surface area contributed by atoms with Crippen LogP contribution in [-0.2, 0) is 16.6 Å². The summed E-state index contributed by atoms with van der Waals surface area (Å²) in [5.74, 6) is 0.730. The molecule has 0 unspecified atom stereocenters. The third-order valence-electron chi connectivity index (χ3n) is 3.19. The van der Waals surface area contributed by atoms with Gasteiger partial charge in [-0.1, -0.05) is 6.07 Å². The predicted octanol–water partition coefficient (Wildman–Crippen LogP) is 1.92. The molecule has 1 aromatic carbocycles. The third kappa shape index (κ3) is 3.37. The van der Waals surface area contributed by atoms with Crippen LogP contribution < -0.4 is 9.47 Å². The summed E-state index contributed by atoms with van der Waals surface area (Å²) in [6.07, 6.45) is 3.28. The first-order chi connectivity index (χ1) is 10.5. The van der Waals surface area contributed by atoms with Crippen molar-refractivity contribution in [2.45, 2.75) is 11.4 Å². The molecule has 0 radical (unpaired) electrons. The van der Waals surface area contributed by atoms with Gasteiger partial charge in [0.1, 0.15) is 16.4 Å². The van der Waals surface area contributed by atoms with E-state index in [1.807, 2.05) is 6.07 Å². The van der Waals surface area contributed by atoms with Gasteiger partial charge in [-0.05, 0) is 23.8 Å². The van der Waals surface area contributed by atoms with E-state index in [9.17, 15) is 8.42 Å². The summed E-state index contributed by atoms with van der Waals surface area (Å²) in [5.41, 5.74) is 0.801. The van der Waals surface area contributed by atoms with Crippen molar-refractivity contribution in [1.82, 2.24) is 9.29 Å². The monoisotopic (exact) mass is 322 g/mol. The standard InChI is InChI=1S/C15H18N2O4S/c1-17(11-12-5-4-8-16-10-12)22(18,19)15-9-13(20-2)6-7-14(15)21-3/h4-10H,11H2,1-3H3. The topological polar surface area (TPSA) is 68.7 Å². The first-order valence-corrected chi connectivity index (χ1v) is 8.00. The van der Waals surface area contributed by atoms with Crippen molar-refractivity contribution < 1.29 is 17.9 Å². The molecule has 0 aliphatic rings. The quantitative estimate of drug-likeness (QED) is 0.813. The summed E-state index contributed by atoms with van der Waals surface area (Å²) in [7, 11) is 0.719. The van der Waals surface area contributed by atoms with E-state index in [4.69, 9.17) is 9.47 Å². The van der Waals surface area contributed by atoms with E-state index in [0.717, 1.165) is 5.56 Å². The SMILES string of the molecule is COc1ccc(OC)c(S(=O)(=O)N(C)Cc2cccnc2)c1. The van der Waals surface area contributed by atoms with E-state index in [1.54, 1.807) is 30.6 Å². The highest BCUT2D eigenvalue weighted by Gasteiger charge is 2.25. The number of pyridine rings is 1. The molecule has 0 aliphatic heterocycles. The number of hydrogen-bond acceptors (Lipinski definition) is 5. The number of methoxy groups -OCH3 is 2. The summed E-state index contributed by atoms with van der Waals surface area (Å²) in [4.78, 5) is 4.06. The average molecular weight is 322 g/mol. The highest BCUT2D eigenvalue weighted by molar-refractivity contribution is 7.89. The summed E-state index contributed by atoms with van der Waals surface area (Å²) in [6.45, 7) is 0.219. The molecule has 1 heterocycles. The minimum absolute atomic E-state index is 0.0701. The Bertz CT molecular complexity index is 732. The molecule has 7 heteroatoms. The van der Waals surface area contributed by atoms with Crippen LogP contribution in [0.2, 0.25) is 0 Å². The van der Waals surface area contributed by atoms with Crippen LogP contribution in [0.1, 0.15) is 5.56 Å². The van der Waals surface area contributed by atoms with Crippen molar-refractivity contribution in [3.05, 3.63) is 48.3 Å². The summed E-state index contributed by atoms with van der Waals surface area (Å²) in [6, 6.07) is 8.26. The lowest BCUT2D eigenvalue weighted by Gasteiger charge is -2.19. The van der Waals surface area contributed by atoms with Crippen LogP contribution in [0.25, 0.3) is 0 Å². The molecule has 1 aromatic heterocycles. The van der Waals surface area contributed by atoms with E-state index in [-0.39, 0.29) is 17.2 Å². The van der Waals surface area contributed by atoms with Crippen molar-refractivity contribution in [3.63, 3.8) is 0 Å². The third-order valence-corrected chi connectivity index (χ3v) is 5.01. The van der Waals surface area contributed by atoms with Gasteiger partial charge in [0.05, 0.1) is 14.2 Å². The molecular formula is C15H18N2O4S. The lowest BCUT2D eigenvalue weighted by Crippen LogP contribution is -2.27. The highest BCUT2D eigenvalue weighted by atomic mass is 32.2. The minimum atomic E-state index is -3.71. The number of ether oxygens (including phenoxy) is 2. The Hall–Kier alpha value is -2.12. The zero-order valence-electron chi connectivity index (χ0n) is 12.7. The fraction of sp³-hybridized carbons (Fsp3) is 0.267. The lowest BCUT2D eigenvalue weighted by molar-refractivity contribution is 0.388. The maximum absolute atomic E-state index is 12.8. The van der Waals surface area contributed by atoms with Gasteiger partial charge in [-0.15, -0.1) is 0 Å². The van der Waals surface area contributed by atoms with Gasteiger partial charge in [-0.3, -0.25) is 4.98 Å². The van der Waals surface area contributed by atoms with E-state index in [0.29, 0.717) is 5.75 Å². The number of sulfonamides is 1. The Labute approximate surface area is 130 Å². The van der Waals surface area contributed by atoms with Gasteiger partial charge in [-0.2, -0.15) is 4.31 Å². The number of rotatable bonds is 6. The van der Waals surface area contributed by atoms with Gasteiger partial charge in [0.2, 0.25) is 10.0 Å². The molecule has 0 N–H and O–H groups in total. The first kappa shape index (κ1) is 16.3. The van der Waals surface area contributed by atoms with E-state index in [1.165, 1.54) is 31.6 Å². The zero-order valence-corrected chi connectivity index (χ0v) is 13.5. The number of benzene rings is 1. The van der Waals surface area contributed by atoms with E-state index in [2.05, 4.69) is 4.98 Å². The molecule has 0 spiro atoms. The molecule has 0 fully saturated rings. The summed E-state index contributed by atoms with van der Waals surface area (Å²) < 4.78 is 37.0. The van der Waals surface area contributed by atoms with Crippen LogP contribution in [0.5, 0.6) is 11.5 Å². The van der Waals surface area contributed by atoms with Gasteiger partial charge in [0, 0.05) is 32.1 Å². The Balaban J connectivity index is 2.37. The minimum Gasteiger partial charge on any atom is -0.497 e. The van der Waals surface area contributed by atoms with Gasteiger partial charge in [0.25, 0.3) is 0 Å². The van der Waals surface area contributed by atoms with Crippen LogP contribution in [0.3, 0.4) is 0 Å². The molecule has 118 valence electrons. The lowest BCUT2D eigenvalue weighted by atomic mass is 10.3. The second-order valence-electron chi connectivity index (χ2n) is 4.64. The maximum atomic E-state index is 12.8. The average Bonchev–Trinajstić information content (AvgIpc) is 2.55. The molecular weight excluding hydrogens is 304 g/mol. The predicted molar refractivity (Wildman–Crippen MR) is 82.4 cm³/mol. The number of aromatic nitrogens is 1. The van der Waals surface area contributed by atoms with Gasteiger partial charge >= 0.3 is 0 Å². The zero-order chi connectivity index (χ0) is 16.2. The summed E-state index contributed by atoms with van der Waals surface area (Å²) in [5, 5.41) is 0. The van der Waals surface area contributed by atoms with Crippen LogP contribution in [0.4, 0.5) is 0 Å². The van der Waals surface area contributed by atoms with E-state index < -0.39 is 10.0 Å². The number of nitrogens with zero attached hydrogens (tertiary/aromatic N) is 2. The smallest absolute Gasteiger partial charge is 0.246 e. The van der Waals surface area contributed by atoms with Crippen molar-refractivity contribution in [1.29, 1.82) is 0 Å².